The summed E-state index contributed by atoms with van der Waals surface area (Å²) in [5.41, 5.74) is 2.53. The molecule has 2 atom stereocenters. The third-order valence-electron chi connectivity index (χ3n) is 4.80. The lowest BCUT2D eigenvalue weighted by Crippen LogP contribution is -2.27. The molecule has 0 heterocycles. The lowest BCUT2D eigenvalue weighted by atomic mass is 9.98. The largest absolute Gasteiger partial charge is 0.506 e. The van der Waals surface area contributed by atoms with Crippen molar-refractivity contribution in [3.8, 4) is 11.5 Å². The zero-order valence-electron chi connectivity index (χ0n) is 17.3. The van der Waals surface area contributed by atoms with Gasteiger partial charge in [-0.3, -0.25) is 4.72 Å². The van der Waals surface area contributed by atoms with E-state index in [2.05, 4.69) is 10.0 Å². The van der Waals surface area contributed by atoms with Gasteiger partial charge in [0.1, 0.15) is 11.5 Å². The third kappa shape index (κ3) is 6.21. The van der Waals surface area contributed by atoms with E-state index in [4.69, 9.17) is 4.74 Å². The van der Waals surface area contributed by atoms with Crippen molar-refractivity contribution in [1.29, 1.82) is 0 Å². The number of nitrogens with one attached hydrogen (secondary N) is 2. The number of methoxy groups -OCH3 is 1. The standard InChI is InChI=1S/C23H26N2O5S/c1-30-19-11-8-17(9-12-19)23(16-6-4-3-5-7-16)24-15-22(27)18-10-13-21(26)20(14-18)25-31(2,28)29/h3-14,22-27H,15H2,1-2H3. The lowest BCUT2D eigenvalue weighted by molar-refractivity contribution is 0.172. The molecule has 0 aliphatic rings. The number of benzene rings is 3. The topological polar surface area (TPSA) is 108 Å². The number of ether oxygens (including phenoxy) is 1. The average molecular weight is 443 g/mol. The number of aliphatic hydroxyl groups excluding tert-OH is 1. The molecule has 0 amide bonds. The number of aliphatic hydroxyl groups is 1. The Morgan fingerprint density at radius 2 is 1.55 bits per heavy atom. The normalized spacial score (nSPS) is 13.4. The van der Waals surface area contributed by atoms with Crippen LogP contribution in [-0.4, -0.2) is 38.5 Å². The molecular formula is C23H26N2O5S. The smallest absolute Gasteiger partial charge is 0.229 e. The van der Waals surface area contributed by atoms with E-state index in [1.54, 1.807) is 13.2 Å². The number of aromatic hydroxyl groups is 1. The van der Waals surface area contributed by atoms with E-state index in [9.17, 15) is 18.6 Å². The molecule has 0 aromatic heterocycles. The predicted molar refractivity (Wildman–Crippen MR) is 121 cm³/mol. The van der Waals surface area contributed by atoms with Crippen molar-refractivity contribution < 1.29 is 23.4 Å². The summed E-state index contributed by atoms with van der Waals surface area (Å²) in [5, 5.41) is 24.0. The van der Waals surface area contributed by atoms with Gasteiger partial charge in [0.05, 0.1) is 31.2 Å². The molecule has 8 heteroatoms. The van der Waals surface area contributed by atoms with E-state index < -0.39 is 16.1 Å². The van der Waals surface area contributed by atoms with Crippen LogP contribution in [0.1, 0.15) is 28.8 Å². The first kappa shape index (κ1) is 22.6. The van der Waals surface area contributed by atoms with Crippen LogP contribution in [0.2, 0.25) is 0 Å². The Labute approximate surface area is 182 Å². The molecule has 7 nitrogen and oxygen atoms in total. The number of sulfonamides is 1. The van der Waals surface area contributed by atoms with Gasteiger partial charge >= 0.3 is 0 Å². The number of phenols is 1. The van der Waals surface area contributed by atoms with Crippen molar-refractivity contribution in [3.63, 3.8) is 0 Å². The van der Waals surface area contributed by atoms with Gasteiger partial charge in [0.2, 0.25) is 10.0 Å². The number of anilines is 1. The molecule has 31 heavy (non-hydrogen) atoms. The first-order valence-electron chi connectivity index (χ1n) is 9.68. The molecule has 0 radical (unpaired) electrons. The van der Waals surface area contributed by atoms with Crippen LogP contribution in [-0.2, 0) is 10.0 Å². The minimum Gasteiger partial charge on any atom is -0.506 e. The zero-order chi connectivity index (χ0) is 22.4. The first-order valence-corrected chi connectivity index (χ1v) is 11.6. The van der Waals surface area contributed by atoms with Crippen LogP contribution in [0.3, 0.4) is 0 Å². The second kappa shape index (κ2) is 9.82. The molecule has 0 saturated carbocycles. The average Bonchev–Trinajstić information content (AvgIpc) is 2.75. The SMILES string of the molecule is COc1ccc(C(NCC(O)c2ccc(O)c(NS(C)(=O)=O)c2)c2ccccc2)cc1. The van der Waals surface area contributed by atoms with Gasteiger partial charge in [-0.15, -0.1) is 0 Å². The highest BCUT2D eigenvalue weighted by Gasteiger charge is 2.18. The van der Waals surface area contributed by atoms with Crippen LogP contribution in [0.5, 0.6) is 11.5 Å². The summed E-state index contributed by atoms with van der Waals surface area (Å²) in [4.78, 5) is 0. The molecule has 4 N–H and O–H groups in total. The Morgan fingerprint density at radius 3 is 2.16 bits per heavy atom. The summed E-state index contributed by atoms with van der Waals surface area (Å²) in [6.07, 6.45) is 0.0707. The Balaban J connectivity index is 1.80. The summed E-state index contributed by atoms with van der Waals surface area (Å²) in [5.74, 6) is 0.542. The van der Waals surface area contributed by atoms with Crippen LogP contribution in [0.4, 0.5) is 5.69 Å². The van der Waals surface area contributed by atoms with Gasteiger partial charge in [0.15, 0.2) is 0 Å². The summed E-state index contributed by atoms with van der Waals surface area (Å²) in [7, 11) is -1.95. The second-order valence-electron chi connectivity index (χ2n) is 7.19. The highest BCUT2D eigenvalue weighted by atomic mass is 32.2. The van der Waals surface area contributed by atoms with E-state index in [-0.39, 0.29) is 24.0 Å². The van der Waals surface area contributed by atoms with Crippen LogP contribution in [0, 0.1) is 0 Å². The van der Waals surface area contributed by atoms with Crippen molar-refractivity contribution in [1.82, 2.24) is 5.32 Å². The molecule has 3 rings (SSSR count). The van der Waals surface area contributed by atoms with E-state index >= 15 is 0 Å². The van der Waals surface area contributed by atoms with Crippen molar-refractivity contribution in [2.24, 2.45) is 0 Å². The quantitative estimate of drug-likeness (QED) is 0.379. The van der Waals surface area contributed by atoms with Gasteiger partial charge in [0, 0.05) is 6.54 Å². The number of rotatable bonds is 9. The van der Waals surface area contributed by atoms with E-state index in [1.165, 1.54) is 12.1 Å². The maximum atomic E-state index is 11.5. The van der Waals surface area contributed by atoms with Crippen LogP contribution in [0.15, 0.2) is 72.8 Å². The summed E-state index contributed by atoms with van der Waals surface area (Å²) in [6, 6.07) is 21.7. The Morgan fingerprint density at radius 1 is 0.935 bits per heavy atom. The fourth-order valence-electron chi connectivity index (χ4n) is 3.26. The highest BCUT2D eigenvalue weighted by molar-refractivity contribution is 7.92. The van der Waals surface area contributed by atoms with Gasteiger partial charge in [-0.2, -0.15) is 0 Å². The predicted octanol–water partition coefficient (Wildman–Crippen LogP) is 3.18. The molecule has 0 aliphatic carbocycles. The Hall–Kier alpha value is -3.07. The van der Waals surface area contributed by atoms with Crippen LogP contribution in [0.25, 0.3) is 0 Å². The first-order chi connectivity index (χ1) is 14.8. The van der Waals surface area contributed by atoms with Crippen molar-refractivity contribution in [2.45, 2.75) is 12.1 Å². The summed E-state index contributed by atoms with van der Waals surface area (Å²) >= 11 is 0. The molecular weight excluding hydrogens is 416 g/mol. The fourth-order valence-corrected chi connectivity index (χ4v) is 3.82. The molecule has 0 spiro atoms. The minimum atomic E-state index is -3.56. The number of hydrogen-bond donors (Lipinski definition) is 4. The van der Waals surface area contributed by atoms with E-state index in [0.717, 1.165) is 23.1 Å². The molecule has 3 aromatic rings. The third-order valence-corrected chi connectivity index (χ3v) is 5.39. The summed E-state index contributed by atoms with van der Waals surface area (Å²) in [6.45, 7) is 0.203. The molecule has 0 bridgehead atoms. The van der Waals surface area contributed by atoms with Gasteiger partial charge in [-0.25, -0.2) is 8.42 Å². The minimum absolute atomic E-state index is 0.0220. The molecule has 2 unspecified atom stereocenters. The van der Waals surface area contributed by atoms with Gasteiger partial charge < -0.3 is 20.3 Å². The lowest BCUT2D eigenvalue weighted by Gasteiger charge is -2.22. The van der Waals surface area contributed by atoms with Gasteiger partial charge in [0.25, 0.3) is 0 Å². The van der Waals surface area contributed by atoms with Crippen LogP contribution < -0.4 is 14.8 Å². The van der Waals surface area contributed by atoms with Crippen LogP contribution >= 0.6 is 0 Å². The van der Waals surface area contributed by atoms with E-state index in [0.29, 0.717) is 5.56 Å². The Bertz CT molecular complexity index is 1100. The second-order valence-corrected chi connectivity index (χ2v) is 8.94. The van der Waals surface area contributed by atoms with Gasteiger partial charge in [-0.05, 0) is 41.0 Å². The molecule has 0 fully saturated rings. The fraction of sp³-hybridized carbons (Fsp3) is 0.217. The molecule has 3 aromatic carbocycles. The molecule has 0 aliphatic heterocycles. The van der Waals surface area contributed by atoms with Crippen molar-refractivity contribution >= 4 is 15.7 Å². The van der Waals surface area contributed by atoms with Gasteiger partial charge in [-0.1, -0.05) is 48.5 Å². The number of hydrogen-bond acceptors (Lipinski definition) is 6. The van der Waals surface area contributed by atoms with E-state index in [1.807, 2.05) is 54.6 Å². The molecule has 0 saturated heterocycles. The maximum Gasteiger partial charge on any atom is 0.229 e. The number of phenolic OH excluding ortho intramolecular Hbond substituents is 1. The monoisotopic (exact) mass is 442 g/mol. The zero-order valence-corrected chi connectivity index (χ0v) is 18.1. The maximum absolute atomic E-state index is 11.5. The molecule has 164 valence electrons. The van der Waals surface area contributed by atoms with Crippen molar-refractivity contribution in [3.05, 3.63) is 89.5 Å². The summed E-state index contributed by atoms with van der Waals surface area (Å²) < 4.78 is 30.5. The highest BCUT2D eigenvalue weighted by Crippen LogP contribution is 2.29. The Kier molecular flexibility index (Phi) is 7.17. The van der Waals surface area contributed by atoms with Crippen molar-refractivity contribution in [2.75, 3.05) is 24.6 Å².